The number of carbonyl (C=O) groups excluding carboxylic acids is 1. The summed E-state index contributed by atoms with van der Waals surface area (Å²) in [6.07, 6.45) is 0.847. The third kappa shape index (κ3) is 3.50. The number of ether oxygens (including phenoxy) is 1. The van der Waals surface area contributed by atoms with Gasteiger partial charge in [0.15, 0.2) is 5.13 Å². The van der Waals surface area contributed by atoms with E-state index in [0.29, 0.717) is 24.0 Å². The van der Waals surface area contributed by atoms with E-state index in [0.717, 1.165) is 17.7 Å². The fourth-order valence-corrected chi connectivity index (χ4v) is 2.84. The van der Waals surface area contributed by atoms with Crippen LogP contribution in [0.3, 0.4) is 0 Å². The van der Waals surface area contributed by atoms with Gasteiger partial charge in [-0.1, -0.05) is 12.1 Å². The van der Waals surface area contributed by atoms with Crippen molar-refractivity contribution in [3.63, 3.8) is 0 Å². The highest BCUT2D eigenvalue weighted by molar-refractivity contribution is 7.14. The van der Waals surface area contributed by atoms with Gasteiger partial charge in [-0.25, -0.2) is 9.78 Å². The molecule has 6 nitrogen and oxygen atoms in total. The van der Waals surface area contributed by atoms with Crippen LogP contribution in [0, 0.1) is 0 Å². The Kier molecular flexibility index (Phi) is 4.03. The third-order valence-corrected chi connectivity index (χ3v) is 3.93. The molecule has 21 heavy (non-hydrogen) atoms. The minimum Gasteiger partial charge on any atom is -0.399 e. The molecule has 1 saturated heterocycles. The standard InChI is InChI=1S/C14H16N4O2S/c15-10-3-1-2-9(6-10)12-8-21-14(17-12)18-13(19)16-11-4-5-20-7-11/h1-3,6,8,11H,4-5,7,15H2,(H2,16,17,18,19). The van der Waals surface area contributed by atoms with Gasteiger partial charge in [-0.15, -0.1) is 11.3 Å². The maximum Gasteiger partial charge on any atom is 0.321 e. The molecule has 7 heteroatoms. The first kappa shape index (κ1) is 13.8. The minimum absolute atomic E-state index is 0.0818. The van der Waals surface area contributed by atoms with Crippen LogP contribution in [0.4, 0.5) is 15.6 Å². The Morgan fingerprint density at radius 3 is 3.14 bits per heavy atom. The number of rotatable bonds is 3. The van der Waals surface area contributed by atoms with E-state index >= 15 is 0 Å². The molecule has 2 amide bonds. The molecule has 2 heterocycles. The van der Waals surface area contributed by atoms with Gasteiger partial charge in [0.1, 0.15) is 0 Å². The number of nitrogens with zero attached hydrogens (tertiary/aromatic N) is 1. The number of hydrogen-bond donors (Lipinski definition) is 3. The average Bonchev–Trinajstić information content (AvgIpc) is 3.10. The second kappa shape index (κ2) is 6.11. The summed E-state index contributed by atoms with van der Waals surface area (Å²) in [7, 11) is 0. The summed E-state index contributed by atoms with van der Waals surface area (Å²) in [6.45, 7) is 1.27. The number of aromatic nitrogens is 1. The Hall–Kier alpha value is -2.12. The quantitative estimate of drug-likeness (QED) is 0.759. The molecular weight excluding hydrogens is 288 g/mol. The number of nitrogen functional groups attached to an aromatic ring is 1. The van der Waals surface area contributed by atoms with Crippen LogP contribution in [-0.2, 0) is 4.74 Å². The molecule has 1 aliphatic heterocycles. The average molecular weight is 304 g/mol. The van der Waals surface area contributed by atoms with Gasteiger partial charge >= 0.3 is 6.03 Å². The van der Waals surface area contributed by atoms with Crippen molar-refractivity contribution in [3.8, 4) is 11.3 Å². The molecule has 1 aliphatic rings. The summed E-state index contributed by atoms with van der Waals surface area (Å²) in [5.41, 5.74) is 8.18. The molecule has 1 aromatic carbocycles. The van der Waals surface area contributed by atoms with E-state index in [1.807, 2.05) is 29.6 Å². The molecule has 4 N–H and O–H groups in total. The first-order valence-electron chi connectivity index (χ1n) is 6.67. The molecule has 0 spiro atoms. The fraction of sp³-hybridized carbons (Fsp3) is 0.286. The SMILES string of the molecule is Nc1cccc(-c2csc(NC(=O)NC3CCOC3)n2)c1. The summed E-state index contributed by atoms with van der Waals surface area (Å²) in [4.78, 5) is 16.2. The Bertz CT molecular complexity index is 637. The molecule has 0 saturated carbocycles. The van der Waals surface area contributed by atoms with E-state index < -0.39 is 0 Å². The van der Waals surface area contributed by atoms with E-state index in [2.05, 4.69) is 15.6 Å². The second-order valence-corrected chi connectivity index (χ2v) is 5.68. The largest absolute Gasteiger partial charge is 0.399 e. The van der Waals surface area contributed by atoms with E-state index in [9.17, 15) is 4.79 Å². The van der Waals surface area contributed by atoms with Crippen LogP contribution in [0.25, 0.3) is 11.3 Å². The Morgan fingerprint density at radius 1 is 1.48 bits per heavy atom. The number of thiazole rings is 1. The smallest absolute Gasteiger partial charge is 0.321 e. The molecule has 1 unspecified atom stereocenters. The fourth-order valence-electron chi connectivity index (χ4n) is 2.13. The van der Waals surface area contributed by atoms with Crippen LogP contribution < -0.4 is 16.4 Å². The van der Waals surface area contributed by atoms with Crippen LogP contribution in [0.1, 0.15) is 6.42 Å². The predicted octanol–water partition coefficient (Wildman–Crippen LogP) is 2.30. The lowest BCUT2D eigenvalue weighted by molar-refractivity contribution is 0.189. The van der Waals surface area contributed by atoms with Crippen LogP contribution in [-0.4, -0.2) is 30.3 Å². The lowest BCUT2D eigenvalue weighted by Gasteiger charge is -2.10. The molecular formula is C14H16N4O2S. The van der Waals surface area contributed by atoms with E-state index in [-0.39, 0.29) is 12.1 Å². The van der Waals surface area contributed by atoms with Crippen LogP contribution in [0.5, 0.6) is 0 Å². The number of nitrogens with two attached hydrogens (primary N) is 1. The summed E-state index contributed by atoms with van der Waals surface area (Å²) < 4.78 is 5.21. The third-order valence-electron chi connectivity index (χ3n) is 3.17. The molecule has 0 bridgehead atoms. The van der Waals surface area contributed by atoms with Crippen LogP contribution in [0.15, 0.2) is 29.6 Å². The van der Waals surface area contributed by atoms with Crippen molar-refractivity contribution in [2.24, 2.45) is 0 Å². The topological polar surface area (TPSA) is 89.3 Å². The zero-order chi connectivity index (χ0) is 14.7. The maximum absolute atomic E-state index is 11.8. The first-order valence-corrected chi connectivity index (χ1v) is 7.55. The summed E-state index contributed by atoms with van der Waals surface area (Å²) in [5.74, 6) is 0. The summed E-state index contributed by atoms with van der Waals surface area (Å²) >= 11 is 1.38. The minimum atomic E-state index is -0.251. The Balaban J connectivity index is 1.63. The number of hydrogen-bond acceptors (Lipinski definition) is 5. The molecule has 0 aliphatic carbocycles. The Morgan fingerprint density at radius 2 is 2.38 bits per heavy atom. The zero-order valence-corrected chi connectivity index (χ0v) is 12.2. The first-order chi connectivity index (χ1) is 10.2. The van der Waals surface area contributed by atoms with Crippen molar-refractivity contribution < 1.29 is 9.53 Å². The number of amides is 2. The predicted molar refractivity (Wildman–Crippen MR) is 83.3 cm³/mol. The van der Waals surface area contributed by atoms with Crippen LogP contribution in [0.2, 0.25) is 0 Å². The van der Waals surface area contributed by atoms with Crippen molar-refractivity contribution >= 4 is 28.2 Å². The van der Waals surface area contributed by atoms with Crippen LogP contribution >= 0.6 is 11.3 Å². The van der Waals surface area contributed by atoms with Gasteiger partial charge in [0, 0.05) is 23.2 Å². The lowest BCUT2D eigenvalue weighted by Crippen LogP contribution is -2.38. The number of nitrogens with one attached hydrogen (secondary N) is 2. The van der Waals surface area contributed by atoms with Crippen molar-refractivity contribution in [2.75, 3.05) is 24.3 Å². The normalized spacial score (nSPS) is 17.6. The van der Waals surface area contributed by atoms with Gasteiger partial charge < -0.3 is 15.8 Å². The molecule has 110 valence electrons. The molecule has 2 aromatic rings. The van der Waals surface area contributed by atoms with Crippen molar-refractivity contribution in [1.82, 2.24) is 10.3 Å². The molecule has 1 fully saturated rings. The van der Waals surface area contributed by atoms with Gasteiger partial charge in [-0.3, -0.25) is 5.32 Å². The van der Waals surface area contributed by atoms with Gasteiger partial charge in [-0.05, 0) is 18.6 Å². The number of anilines is 2. The van der Waals surface area contributed by atoms with E-state index in [1.165, 1.54) is 11.3 Å². The van der Waals surface area contributed by atoms with Gasteiger partial charge in [0.05, 0.1) is 18.3 Å². The highest BCUT2D eigenvalue weighted by atomic mass is 32.1. The number of benzene rings is 1. The maximum atomic E-state index is 11.8. The summed E-state index contributed by atoms with van der Waals surface area (Å²) in [6, 6.07) is 7.33. The highest BCUT2D eigenvalue weighted by Gasteiger charge is 2.18. The Labute approximate surface area is 126 Å². The van der Waals surface area contributed by atoms with Gasteiger partial charge in [-0.2, -0.15) is 0 Å². The molecule has 3 rings (SSSR count). The second-order valence-electron chi connectivity index (χ2n) is 4.82. The van der Waals surface area contributed by atoms with E-state index in [1.54, 1.807) is 0 Å². The van der Waals surface area contributed by atoms with E-state index in [4.69, 9.17) is 10.5 Å². The van der Waals surface area contributed by atoms with Crippen molar-refractivity contribution in [1.29, 1.82) is 0 Å². The number of carbonyl (C=O) groups is 1. The van der Waals surface area contributed by atoms with Gasteiger partial charge in [0.25, 0.3) is 0 Å². The van der Waals surface area contributed by atoms with Crippen molar-refractivity contribution in [2.45, 2.75) is 12.5 Å². The summed E-state index contributed by atoms with van der Waals surface area (Å²) in [5, 5.41) is 8.05. The van der Waals surface area contributed by atoms with Gasteiger partial charge in [0.2, 0.25) is 0 Å². The zero-order valence-electron chi connectivity index (χ0n) is 11.3. The monoisotopic (exact) mass is 304 g/mol. The number of urea groups is 1. The molecule has 1 atom stereocenters. The lowest BCUT2D eigenvalue weighted by atomic mass is 10.1. The molecule has 1 aromatic heterocycles. The highest BCUT2D eigenvalue weighted by Crippen LogP contribution is 2.26. The van der Waals surface area contributed by atoms with Crippen molar-refractivity contribution in [3.05, 3.63) is 29.6 Å². The molecule has 0 radical (unpaired) electrons.